The summed E-state index contributed by atoms with van der Waals surface area (Å²) in [5, 5.41) is 2.95. The highest BCUT2D eigenvalue weighted by atomic mass is 32.2. The van der Waals surface area contributed by atoms with Crippen LogP contribution in [0.2, 0.25) is 0 Å². The number of nitrogens with zero attached hydrogens (tertiary/aromatic N) is 2. The maximum absolute atomic E-state index is 14.1. The molecule has 0 aromatic heterocycles. The number of benzene rings is 3. The monoisotopic (exact) mass is 563 g/mol. The van der Waals surface area contributed by atoms with Crippen LogP contribution in [0.25, 0.3) is 0 Å². The van der Waals surface area contributed by atoms with Gasteiger partial charge in [-0.15, -0.1) is 0 Å². The zero-order valence-corrected chi connectivity index (χ0v) is 24.9. The van der Waals surface area contributed by atoms with Gasteiger partial charge in [0.05, 0.1) is 10.6 Å². The number of amides is 2. The first-order valence-corrected chi connectivity index (χ1v) is 15.3. The Hall–Kier alpha value is -3.65. The molecule has 0 saturated heterocycles. The lowest BCUT2D eigenvalue weighted by atomic mass is 10.1. The van der Waals surface area contributed by atoms with Crippen molar-refractivity contribution in [3.8, 4) is 0 Å². The van der Waals surface area contributed by atoms with Gasteiger partial charge in [-0.3, -0.25) is 13.9 Å². The second-order valence-corrected chi connectivity index (χ2v) is 12.3. The molecule has 0 aliphatic rings. The van der Waals surface area contributed by atoms with Gasteiger partial charge >= 0.3 is 0 Å². The quantitative estimate of drug-likeness (QED) is 0.305. The van der Waals surface area contributed by atoms with Gasteiger partial charge in [-0.1, -0.05) is 87.9 Å². The number of aryl methyl sites for hydroxylation is 2. The molecule has 2 amide bonds. The van der Waals surface area contributed by atoms with E-state index in [1.807, 2.05) is 71.0 Å². The lowest BCUT2D eigenvalue weighted by Gasteiger charge is -2.33. The van der Waals surface area contributed by atoms with Crippen LogP contribution in [0, 0.1) is 12.8 Å². The molecule has 0 spiro atoms. The van der Waals surface area contributed by atoms with Crippen LogP contribution in [0.15, 0.2) is 83.8 Å². The van der Waals surface area contributed by atoms with E-state index in [-0.39, 0.29) is 23.3 Å². The Morgan fingerprint density at radius 3 is 2.12 bits per heavy atom. The van der Waals surface area contributed by atoms with E-state index in [0.29, 0.717) is 18.7 Å². The van der Waals surface area contributed by atoms with Gasteiger partial charge in [0, 0.05) is 13.1 Å². The molecule has 0 saturated carbocycles. The topological polar surface area (TPSA) is 86.8 Å². The van der Waals surface area contributed by atoms with Gasteiger partial charge in [0.15, 0.2) is 0 Å². The molecule has 0 aliphatic carbocycles. The van der Waals surface area contributed by atoms with Crippen LogP contribution >= 0.6 is 0 Å². The third-order valence-corrected chi connectivity index (χ3v) is 8.54. The smallest absolute Gasteiger partial charge is 0.264 e. The average Bonchev–Trinajstić information content (AvgIpc) is 2.95. The van der Waals surface area contributed by atoms with Gasteiger partial charge in [0.2, 0.25) is 11.8 Å². The lowest BCUT2D eigenvalue weighted by molar-refractivity contribution is -0.140. The summed E-state index contributed by atoms with van der Waals surface area (Å²) in [7, 11) is -4.07. The van der Waals surface area contributed by atoms with Crippen molar-refractivity contribution in [2.24, 2.45) is 5.92 Å². The van der Waals surface area contributed by atoms with Crippen LogP contribution in [0.1, 0.15) is 50.8 Å². The number of rotatable bonds is 13. The van der Waals surface area contributed by atoms with E-state index in [9.17, 15) is 18.0 Å². The van der Waals surface area contributed by atoms with Crippen molar-refractivity contribution in [3.05, 3.63) is 95.6 Å². The normalized spacial score (nSPS) is 12.2. The number of hydrogen-bond donors (Lipinski definition) is 1. The van der Waals surface area contributed by atoms with Crippen molar-refractivity contribution in [2.45, 2.75) is 64.9 Å². The first-order valence-electron chi connectivity index (χ1n) is 13.9. The Labute approximate surface area is 239 Å². The molecule has 0 aliphatic heterocycles. The van der Waals surface area contributed by atoms with E-state index in [2.05, 4.69) is 5.32 Å². The number of hydrogen-bond acceptors (Lipinski definition) is 4. The van der Waals surface area contributed by atoms with Crippen molar-refractivity contribution in [3.63, 3.8) is 0 Å². The van der Waals surface area contributed by atoms with Crippen LogP contribution in [0.3, 0.4) is 0 Å². The Bertz CT molecular complexity index is 1370. The second-order valence-electron chi connectivity index (χ2n) is 10.4. The Morgan fingerprint density at radius 2 is 1.55 bits per heavy atom. The number of sulfonamides is 1. The molecule has 0 heterocycles. The fourth-order valence-electron chi connectivity index (χ4n) is 4.50. The Balaban J connectivity index is 2.04. The van der Waals surface area contributed by atoms with Crippen LogP contribution in [0.5, 0.6) is 0 Å². The van der Waals surface area contributed by atoms with E-state index in [1.165, 1.54) is 17.0 Å². The second kappa shape index (κ2) is 14.1. The SMILES string of the molecule is CCc1ccc(N(CC(=O)N(Cc2cccc(C)c2)[C@@H](CC)C(=O)NCC(C)C)S(=O)(=O)c2ccccc2)cc1. The number of carbonyl (C=O) groups excluding carboxylic acids is 2. The number of carbonyl (C=O) groups is 2. The first kappa shape index (κ1) is 30.9. The summed E-state index contributed by atoms with van der Waals surface area (Å²) < 4.78 is 28.9. The highest BCUT2D eigenvalue weighted by Crippen LogP contribution is 2.25. The highest BCUT2D eigenvalue weighted by Gasteiger charge is 2.33. The van der Waals surface area contributed by atoms with Crippen molar-refractivity contribution >= 4 is 27.5 Å². The molecular formula is C32H41N3O4S. The zero-order chi connectivity index (χ0) is 29.3. The van der Waals surface area contributed by atoms with Crippen molar-refractivity contribution in [1.82, 2.24) is 10.2 Å². The largest absolute Gasteiger partial charge is 0.354 e. The van der Waals surface area contributed by atoms with E-state index in [4.69, 9.17) is 0 Å². The molecule has 3 aromatic carbocycles. The van der Waals surface area contributed by atoms with E-state index >= 15 is 0 Å². The molecule has 0 fully saturated rings. The summed E-state index contributed by atoms with van der Waals surface area (Å²) in [6.45, 7) is 10.1. The maximum Gasteiger partial charge on any atom is 0.264 e. The molecule has 1 atom stereocenters. The summed E-state index contributed by atoms with van der Waals surface area (Å²) in [5.74, 6) is -0.450. The molecule has 0 bridgehead atoms. The minimum atomic E-state index is -4.07. The molecule has 214 valence electrons. The standard InChI is InChI=1S/C32H41N3O4S/c1-6-26-16-18-28(19-17-26)35(40(38,39)29-14-9-8-10-15-29)23-31(36)34(22-27-13-11-12-25(5)20-27)30(7-2)32(37)33-21-24(3)4/h8-20,24,30H,6-7,21-23H2,1-5H3,(H,33,37)/t30-/m0/s1. The minimum Gasteiger partial charge on any atom is -0.354 e. The third-order valence-electron chi connectivity index (χ3n) is 6.75. The molecule has 8 heteroatoms. The van der Waals surface area contributed by atoms with Crippen molar-refractivity contribution in [2.75, 3.05) is 17.4 Å². The fraction of sp³-hybridized carbons (Fsp3) is 0.375. The summed E-state index contributed by atoms with van der Waals surface area (Å²) in [4.78, 5) is 29.0. The third kappa shape index (κ3) is 7.94. The predicted molar refractivity (Wildman–Crippen MR) is 160 cm³/mol. The highest BCUT2D eigenvalue weighted by molar-refractivity contribution is 7.92. The first-order chi connectivity index (χ1) is 19.1. The van der Waals surface area contributed by atoms with Crippen molar-refractivity contribution in [1.29, 1.82) is 0 Å². The molecule has 1 N–H and O–H groups in total. The average molecular weight is 564 g/mol. The Kier molecular flexibility index (Phi) is 10.9. The number of anilines is 1. The molecule has 40 heavy (non-hydrogen) atoms. The van der Waals surface area contributed by atoms with Gasteiger partial charge in [-0.2, -0.15) is 0 Å². The summed E-state index contributed by atoms with van der Waals surface area (Å²) in [6.07, 6.45) is 1.19. The predicted octanol–water partition coefficient (Wildman–Crippen LogP) is 5.33. The fourth-order valence-corrected chi connectivity index (χ4v) is 5.93. The van der Waals surface area contributed by atoms with Crippen LogP contribution in [0.4, 0.5) is 5.69 Å². The van der Waals surface area contributed by atoms with E-state index in [1.54, 1.807) is 30.3 Å². The molecule has 3 rings (SSSR count). The summed E-state index contributed by atoms with van der Waals surface area (Å²) in [6, 6.07) is 22.3. The van der Waals surface area contributed by atoms with Crippen molar-refractivity contribution < 1.29 is 18.0 Å². The van der Waals surface area contributed by atoms with E-state index in [0.717, 1.165) is 27.4 Å². The molecule has 0 unspecified atom stereocenters. The van der Waals surface area contributed by atoms with Gasteiger partial charge in [-0.25, -0.2) is 8.42 Å². The van der Waals surface area contributed by atoms with E-state index < -0.39 is 28.5 Å². The van der Waals surface area contributed by atoms with Crippen LogP contribution < -0.4 is 9.62 Å². The van der Waals surface area contributed by atoms with Gasteiger partial charge in [0.1, 0.15) is 12.6 Å². The van der Waals surface area contributed by atoms with Gasteiger partial charge in [-0.05, 0) is 61.1 Å². The molecular weight excluding hydrogens is 522 g/mol. The van der Waals surface area contributed by atoms with Gasteiger partial charge in [0.25, 0.3) is 10.0 Å². The molecule has 7 nitrogen and oxygen atoms in total. The molecule has 3 aromatic rings. The van der Waals surface area contributed by atoms with Gasteiger partial charge < -0.3 is 10.2 Å². The zero-order valence-electron chi connectivity index (χ0n) is 24.1. The minimum absolute atomic E-state index is 0.0920. The lowest BCUT2D eigenvalue weighted by Crippen LogP contribution is -2.52. The maximum atomic E-state index is 14.1. The van der Waals surface area contributed by atoms with Crippen LogP contribution in [-0.4, -0.2) is 44.3 Å². The molecule has 0 radical (unpaired) electrons. The number of nitrogens with one attached hydrogen (secondary N) is 1. The Morgan fingerprint density at radius 1 is 0.875 bits per heavy atom. The summed E-state index contributed by atoms with van der Waals surface area (Å²) >= 11 is 0. The summed E-state index contributed by atoms with van der Waals surface area (Å²) in [5.41, 5.74) is 3.35. The van der Waals surface area contributed by atoms with Crippen LogP contribution in [-0.2, 0) is 32.6 Å².